The first-order chi connectivity index (χ1) is 6.15. The summed E-state index contributed by atoms with van der Waals surface area (Å²) in [6, 6.07) is 3.85. The quantitative estimate of drug-likeness (QED) is 0.829. The minimum atomic E-state index is 0.746. The first-order valence-corrected chi connectivity index (χ1v) is 5.13. The topological polar surface area (TPSA) is 35.2 Å². The summed E-state index contributed by atoms with van der Waals surface area (Å²) in [7, 11) is 0. The van der Waals surface area contributed by atoms with Crippen LogP contribution in [0.4, 0.5) is 5.69 Å². The van der Waals surface area contributed by atoms with Gasteiger partial charge in [-0.2, -0.15) is 0 Å². The number of rotatable bonds is 3. The van der Waals surface area contributed by atoms with Crippen LogP contribution in [0.3, 0.4) is 0 Å². The highest BCUT2D eigenvalue weighted by Gasteiger charge is 2.02. The summed E-state index contributed by atoms with van der Waals surface area (Å²) in [5.41, 5.74) is 7.60. The van der Waals surface area contributed by atoms with Crippen molar-refractivity contribution in [3.8, 4) is 5.75 Å². The van der Waals surface area contributed by atoms with E-state index in [2.05, 4.69) is 22.9 Å². The molecule has 0 aliphatic heterocycles. The van der Waals surface area contributed by atoms with Crippen LogP contribution < -0.4 is 10.5 Å². The molecule has 0 spiro atoms. The van der Waals surface area contributed by atoms with Gasteiger partial charge in [0, 0.05) is 10.2 Å². The molecule has 2 nitrogen and oxygen atoms in total. The van der Waals surface area contributed by atoms with Crippen LogP contribution in [0.5, 0.6) is 5.75 Å². The van der Waals surface area contributed by atoms with E-state index in [0.29, 0.717) is 0 Å². The van der Waals surface area contributed by atoms with Crippen molar-refractivity contribution >= 4 is 21.6 Å². The predicted octanol–water partition coefficient (Wildman–Crippen LogP) is 3.13. The Morgan fingerprint density at radius 1 is 1.46 bits per heavy atom. The molecule has 13 heavy (non-hydrogen) atoms. The molecule has 0 heterocycles. The van der Waals surface area contributed by atoms with Gasteiger partial charge in [-0.15, -0.1) is 0 Å². The summed E-state index contributed by atoms with van der Waals surface area (Å²) in [6.07, 6.45) is 1.01. The number of halogens is 1. The number of aryl methyl sites for hydroxylation is 1. The number of hydrogen-bond donors (Lipinski definition) is 1. The van der Waals surface area contributed by atoms with Gasteiger partial charge in [0.25, 0.3) is 0 Å². The number of hydrogen-bond acceptors (Lipinski definition) is 2. The Balaban J connectivity index is 2.86. The molecule has 0 unspecified atom stereocenters. The molecule has 2 N–H and O–H groups in total. The van der Waals surface area contributed by atoms with E-state index in [1.54, 1.807) is 0 Å². The van der Waals surface area contributed by atoms with Gasteiger partial charge in [0.1, 0.15) is 5.75 Å². The van der Waals surface area contributed by atoms with Crippen molar-refractivity contribution in [2.24, 2.45) is 0 Å². The molecule has 0 saturated heterocycles. The molecule has 0 amide bonds. The average Bonchev–Trinajstić information content (AvgIpc) is 2.10. The fourth-order valence-electron chi connectivity index (χ4n) is 1.03. The normalized spacial score (nSPS) is 10.1. The van der Waals surface area contributed by atoms with Crippen LogP contribution in [0.25, 0.3) is 0 Å². The van der Waals surface area contributed by atoms with E-state index < -0.39 is 0 Å². The van der Waals surface area contributed by atoms with Crippen LogP contribution in [0, 0.1) is 6.92 Å². The molecule has 0 aromatic heterocycles. The smallest absolute Gasteiger partial charge is 0.120 e. The molecule has 3 heteroatoms. The van der Waals surface area contributed by atoms with E-state index >= 15 is 0 Å². The zero-order valence-corrected chi connectivity index (χ0v) is 9.52. The Morgan fingerprint density at radius 2 is 2.15 bits per heavy atom. The summed E-state index contributed by atoms with van der Waals surface area (Å²) in [6.45, 7) is 4.80. The maximum absolute atomic E-state index is 5.78. The number of ether oxygens (including phenoxy) is 1. The van der Waals surface area contributed by atoms with Crippen LogP contribution in [-0.4, -0.2) is 6.61 Å². The van der Waals surface area contributed by atoms with Crippen LogP contribution in [0.2, 0.25) is 0 Å². The maximum atomic E-state index is 5.78. The molecule has 0 atom stereocenters. The van der Waals surface area contributed by atoms with Crippen molar-refractivity contribution in [1.29, 1.82) is 0 Å². The van der Waals surface area contributed by atoms with Gasteiger partial charge in [-0.1, -0.05) is 6.92 Å². The second-order valence-corrected chi connectivity index (χ2v) is 3.84. The van der Waals surface area contributed by atoms with Crippen molar-refractivity contribution in [2.45, 2.75) is 20.3 Å². The molecule has 0 fully saturated rings. The fourth-order valence-corrected chi connectivity index (χ4v) is 1.57. The third kappa shape index (κ3) is 2.62. The second-order valence-electron chi connectivity index (χ2n) is 2.98. The first kappa shape index (κ1) is 10.4. The highest BCUT2D eigenvalue weighted by molar-refractivity contribution is 9.10. The van der Waals surface area contributed by atoms with Gasteiger partial charge in [-0.05, 0) is 47.0 Å². The standard InChI is InChI=1S/C10H14BrNO/c1-3-4-13-8-5-7(2)10(12)9(11)6-8/h5-6H,3-4,12H2,1-2H3. The van der Waals surface area contributed by atoms with E-state index in [9.17, 15) is 0 Å². The highest BCUT2D eigenvalue weighted by atomic mass is 79.9. The van der Waals surface area contributed by atoms with Gasteiger partial charge < -0.3 is 10.5 Å². The van der Waals surface area contributed by atoms with Crippen LogP contribution >= 0.6 is 15.9 Å². The monoisotopic (exact) mass is 243 g/mol. The Bertz CT molecular complexity index is 276. The van der Waals surface area contributed by atoms with E-state index in [1.807, 2.05) is 19.1 Å². The van der Waals surface area contributed by atoms with Crippen LogP contribution in [0.1, 0.15) is 18.9 Å². The summed E-state index contributed by atoms with van der Waals surface area (Å²) in [5, 5.41) is 0. The first-order valence-electron chi connectivity index (χ1n) is 4.33. The lowest BCUT2D eigenvalue weighted by Crippen LogP contribution is -1.97. The molecule has 0 aliphatic rings. The zero-order valence-electron chi connectivity index (χ0n) is 7.93. The van der Waals surface area contributed by atoms with Crippen molar-refractivity contribution in [3.05, 3.63) is 22.2 Å². The van der Waals surface area contributed by atoms with E-state index in [0.717, 1.165) is 34.5 Å². The van der Waals surface area contributed by atoms with Gasteiger partial charge >= 0.3 is 0 Å². The Kier molecular flexibility index (Phi) is 3.60. The molecule has 72 valence electrons. The number of nitrogen functional groups attached to an aromatic ring is 1. The molecule has 0 bridgehead atoms. The lowest BCUT2D eigenvalue weighted by Gasteiger charge is -2.08. The van der Waals surface area contributed by atoms with Gasteiger partial charge in [-0.25, -0.2) is 0 Å². The van der Waals surface area contributed by atoms with Crippen LogP contribution in [-0.2, 0) is 0 Å². The molecular formula is C10H14BrNO. The number of anilines is 1. The second kappa shape index (κ2) is 4.51. The SMILES string of the molecule is CCCOc1cc(C)c(N)c(Br)c1. The van der Waals surface area contributed by atoms with Crippen molar-refractivity contribution in [1.82, 2.24) is 0 Å². The molecule has 0 radical (unpaired) electrons. The van der Waals surface area contributed by atoms with E-state index in [4.69, 9.17) is 10.5 Å². The average molecular weight is 244 g/mol. The van der Waals surface area contributed by atoms with Crippen molar-refractivity contribution < 1.29 is 4.74 Å². The molecule has 1 aromatic carbocycles. The van der Waals surface area contributed by atoms with Gasteiger partial charge in [-0.3, -0.25) is 0 Å². The predicted molar refractivity (Wildman–Crippen MR) is 59.1 cm³/mol. The fraction of sp³-hybridized carbons (Fsp3) is 0.400. The van der Waals surface area contributed by atoms with Crippen molar-refractivity contribution in [3.63, 3.8) is 0 Å². The molecule has 1 rings (SSSR count). The number of nitrogens with two attached hydrogens (primary N) is 1. The van der Waals surface area contributed by atoms with Gasteiger partial charge in [0.15, 0.2) is 0 Å². The van der Waals surface area contributed by atoms with Gasteiger partial charge in [0.05, 0.1) is 6.61 Å². The third-order valence-corrected chi connectivity index (χ3v) is 2.44. The summed E-state index contributed by atoms with van der Waals surface area (Å²) in [5.74, 6) is 0.875. The number of benzene rings is 1. The third-order valence-electron chi connectivity index (χ3n) is 1.78. The Morgan fingerprint density at radius 3 is 2.69 bits per heavy atom. The molecule has 1 aromatic rings. The Labute approximate surface area is 87.2 Å². The lowest BCUT2D eigenvalue weighted by atomic mass is 10.2. The molecule has 0 saturated carbocycles. The minimum absolute atomic E-state index is 0.746. The maximum Gasteiger partial charge on any atom is 0.120 e. The van der Waals surface area contributed by atoms with Crippen molar-refractivity contribution in [2.75, 3.05) is 12.3 Å². The molecular weight excluding hydrogens is 230 g/mol. The van der Waals surface area contributed by atoms with E-state index in [1.165, 1.54) is 0 Å². The largest absolute Gasteiger partial charge is 0.494 e. The highest BCUT2D eigenvalue weighted by Crippen LogP contribution is 2.28. The van der Waals surface area contributed by atoms with Crippen LogP contribution in [0.15, 0.2) is 16.6 Å². The summed E-state index contributed by atoms with van der Waals surface area (Å²) in [4.78, 5) is 0. The summed E-state index contributed by atoms with van der Waals surface area (Å²) < 4.78 is 6.39. The summed E-state index contributed by atoms with van der Waals surface area (Å²) >= 11 is 3.38. The lowest BCUT2D eigenvalue weighted by molar-refractivity contribution is 0.317. The zero-order chi connectivity index (χ0) is 9.84. The van der Waals surface area contributed by atoms with E-state index in [-0.39, 0.29) is 0 Å². The Hall–Kier alpha value is -0.700. The van der Waals surface area contributed by atoms with Gasteiger partial charge in [0.2, 0.25) is 0 Å². The molecule has 0 aliphatic carbocycles. The minimum Gasteiger partial charge on any atom is -0.494 e.